The van der Waals surface area contributed by atoms with E-state index in [9.17, 15) is 5.11 Å². The van der Waals surface area contributed by atoms with Gasteiger partial charge in [-0.2, -0.15) is 0 Å². The topological polar surface area (TPSA) is 36.4 Å². The fraction of sp³-hybridized carbons (Fsp3) is 0.526. The van der Waals surface area contributed by atoms with Gasteiger partial charge < -0.3 is 5.11 Å². The van der Waals surface area contributed by atoms with Crippen molar-refractivity contribution in [3.05, 3.63) is 42.1 Å². The van der Waals surface area contributed by atoms with Crippen LogP contribution in [0.3, 0.4) is 0 Å². The zero-order chi connectivity index (χ0) is 15.0. The minimum absolute atomic E-state index is 0.380. The average molecular weight is 296 g/mol. The normalized spacial score (nSPS) is 29.4. The van der Waals surface area contributed by atoms with Crippen LogP contribution in [-0.2, 0) is 6.54 Å². The minimum Gasteiger partial charge on any atom is -0.390 e. The number of rotatable bonds is 2. The molecule has 0 amide bonds. The van der Waals surface area contributed by atoms with Crippen molar-refractivity contribution in [2.75, 3.05) is 13.1 Å². The number of nitrogens with zero attached hydrogens (tertiary/aromatic N) is 2. The summed E-state index contributed by atoms with van der Waals surface area (Å²) >= 11 is 0. The zero-order valence-corrected chi connectivity index (χ0v) is 13.0. The van der Waals surface area contributed by atoms with E-state index in [-0.39, 0.29) is 5.60 Å². The summed E-state index contributed by atoms with van der Waals surface area (Å²) in [4.78, 5) is 6.97. The third kappa shape index (κ3) is 2.53. The fourth-order valence-electron chi connectivity index (χ4n) is 4.32. The molecule has 1 aliphatic heterocycles. The summed E-state index contributed by atoms with van der Waals surface area (Å²) in [5.41, 5.74) is 2.05. The Morgan fingerprint density at radius 3 is 3.05 bits per heavy atom. The summed E-state index contributed by atoms with van der Waals surface area (Å²) in [7, 11) is 0. The van der Waals surface area contributed by atoms with Crippen LogP contribution in [0.4, 0.5) is 0 Å². The van der Waals surface area contributed by atoms with Crippen molar-refractivity contribution in [3.8, 4) is 0 Å². The lowest BCUT2D eigenvalue weighted by Crippen LogP contribution is -2.52. The molecule has 3 heteroatoms. The molecular weight excluding hydrogens is 272 g/mol. The molecule has 116 valence electrons. The number of para-hydroxylation sites is 1. The molecule has 0 bridgehead atoms. The number of fused-ring (bicyclic) bond motifs is 2. The van der Waals surface area contributed by atoms with Crippen molar-refractivity contribution in [1.82, 2.24) is 9.88 Å². The van der Waals surface area contributed by atoms with Crippen molar-refractivity contribution in [2.24, 2.45) is 5.92 Å². The first-order valence-electron chi connectivity index (χ1n) is 8.52. The van der Waals surface area contributed by atoms with Gasteiger partial charge in [0.25, 0.3) is 0 Å². The van der Waals surface area contributed by atoms with E-state index in [4.69, 9.17) is 0 Å². The molecule has 1 N–H and O–H groups in total. The Hall–Kier alpha value is -1.45. The van der Waals surface area contributed by atoms with Crippen molar-refractivity contribution >= 4 is 10.9 Å². The molecule has 1 aliphatic carbocycles. The molecule has 3 nitrogen and oxygen atoms in total. The van der Waals surface area contributed by atoms with E-state index in [0.29, 0.717) is 5.92 Å². The van der Waals surface area contributed by atoms with Gasteiger partial charge in [-0.3, -0.25) is 9.88 Å². The molecule has 1 saturated heterocycles. The molecule has 2 aliphatic rings. The molecule has 0 spiro atoms. The molecule has 2 atom stereocenters. The second-order valence-corrected chi connectivity index (χ2v) is 7.02. The quantitative estimate of drug-likeness (QED) is 0.923. The molecular formula is C19H24N2O. The molecule has 2 fully saturated rings. The molecule has 1 aromatic heterocycles. The predicted molar refractivity (Wildman–Crippen MR) is 88.5 cm³/mol. The van der Waals surface area contributed by atoms with E-state index in [0.717, 1.165) is 38.0 Å². The molecule has 4 rings (SSSR count). The fourth-order valence-corrected chi connectivity index (χ4v) is 4.32. The van der Waals surface area contributed by atoms with Crippen LogP contribution in [0.15, 0.2) is 36.5 Å². The van der Waals surface area contributed by atoms with Crippen molar-refractivity contribution in [3.63, 3.8) is 0 Å². The summed E-state index contributed by atoms with van der Waals surface area (Å²) in [6.45, 7) is 3.01. The van der Waals surface area contributed by atoms with Gasteiger partial charge in [0.05, 0.1) is 11.1 Å². The first-order chi connectivity index (χ1) is 10.7. The number of hydrogen-bond donors (Lipinski definition) is 1. The van der Waals surface area contributed by atoms with Gasteiger partial charge in [0, 0.05) is 37.1 Å². The van der Waals surface area contributed by atoms with Crippen LogP contribution in [0.1, 0.15) is 37.7 Å². The van der Waals surface area contributed by atoms with Gasteiger partial charge in [-0.15, -0.1) is 0 Å². The molecule has 0 radical (unpaired) electrons. The Labute approximate surface area is 132 Å². The maximum atomic E-state index is 10.8. The number of benzene rings is 1. The van der Waals surface area contributed by atoms with Gasteiger partial charge in [0.2, 0.25) is 0 Å². The molecule has 1 aromatic carbocycles. The lowest BCUT2D eigenvalue weighted by molar-refractivity contribution is -0.0967. The summed E-state index contributed by atoms with van der Waals surface area (Å²) in [6.07, 6.45) is 7.51. The molecule has 2 unspecified atom stereocenters. The summed E-state index contributed by atoms with van der Waals surface area (Å²) < 4.78 is 0. The number of aliphatic hydroxyl groups is 1. The third-order valence-corrected chi connectivity index (χ3v) is 5.65. The van der Waals surface area contributed by atoms with E-state index in [1.54, 1.807) is 0 Å². The number of likely N-dealkylation sites (tertiary alicyclic amines) is 1. The van der Waals surface area contributed by atoms with Crippen LogP contribution in [0.2, 0.25) is 0 Å². The summed E-state index contributed by atoms with van der Waals surface area (Å²) in [5.74, 6) is 0.461. The highest BCUT2D eigenvalue weighted by Gasteiger charge is 2.42. The van der Waals surface area contributed by atoms with Crippen molar-refractivity contribution in [2.45, 2.75) is 44.2 Å². The van der Waals surface area contributed by atoms with Crippen molar-refractivity contribution < 1.29 is 5.11 Å². The van der Waals surface area contributed by atoms with Crippen LogP contribution in [0.5, 0.6) is 0 Å². The smallest absolute Gasteiger partial charge is 0.0705 e. The second-order valence-electron chi connectivity index (χ2n) is 7.02. The number of piperidine rings is 1. The largest absolute Gasteiger partial charge is 0.390 e. The third-order valence-electron chi connectivity index (χ3n) is 5.65. The minimum atomic E-state index is -0.380. The van der Waals surface area contributed by atoms with Crippen LogP contribution < -0.4 is 0 Å². The lowest BCUT2D eigenvalue weighted by atomic mass is 9.71. The number of aromatic nitrogens is 1. The van der Waals surface area contributed by atoms with Crippen molar-refractivity contribution in [1.29, 1.82) is 0 Å². The highest BCUT2D eigenvalue weighted by atomic mass is 16.3. The summed E-state index contributed by atoms with van der Waals surface area (Å²) in [6, 6.07) is 10.5. The molecule has 2 aromatic rings. The molecule has 2 heterocycles. The van der Waals surface area contributed by atoms with Crippen LogP contribution in [0.25, 0.3) is 10.9 Å². The van der Waals surface area contributed by atoms with Gasteiger partial charge in [-0.25, -0.2) is 0 Å². The van der Waals surface area contributed by atoms with Gasteiger partial charge in [0.15, 0.2) is 0 Å². The van der Waals surface area contributed by atoms with Crippen LogP contribution in [0, 0.1) is 5.92 Å². The number of pyridine rings is 1. The Bertz CT molecular complexity index is 666. The average Bonchev–Trinajstić information content (AvgIpc) is 2.55. The van der Waals surface area contributed by atoms with E-state index in [1.807, 2.05) is 12.3 Å². The highest BCUT2D eigenvalue weighted by molar-refractivity contribution is 5.81. The van der Waals surface area contributed by atoms with E-state index >= 15 is 0 Å². The summed E-state index contributed by atoms with van der Waals surface area (Å²) in [5, 5.41) is 12.1. The van der Waals surface area contributed by atoms with Gasteiger partial charge >= 0.3 is 0 Å². The Kier molecular flexibility index (Phi) is 3.63. The first kappa shape index (κ1) is 14.2. The Morgan fingerprint density at radius 1 is 1.18 bits per heavy atom. The van der Waals surface area contributed by atoms with E-state index < -0.39 is 0 Å². The maximum absolute atomic E-state index is 10.8. The molecule has 1 saturated carbocycles. The van der Waals surface area contributed by atoms with E-state index in [1.165, 1.54) is 30.2 Å². The van der Waals surface area contributed by atoms with Gasteiger partial charge in [-0.05, 0) is 37.0 Å². The van der Waals surface area contributed by atoms with Crippen LogP contribution in [-0.4, -0.2) is 33.7 Å². The SMILES string of the molecule is OC12CCCCC1CN(Cc1ccnc3ccccc13)CC2. The van der Waals surface area contributed by atoms with Gasteiger partial charge in [0.1, 0.15) is 0 Å². The lowest BCUT2D eigenvalue weighted by Gasteiger charge is -2.47. The number of hydrogen-bond acceptors (Lipinski definition) is 3. The first-order valence-corrected chi connectivity index (χ1v) is 8.52. The monoisotopic (exact) mass is 296 g/mol. The van der Waals surface area contributed by atoms with Crippen LogP contribution >= 0.6 is 0 Å². The Morgan fingerprint density at radius 2 is 2.09 bits per heavy atom. The van der Waals surface area contributed by atoms with Gasteiger partial charge in [-0.1, -0.05) is 31.0 Å². The Balaban J connectivity index is 1.54. The van der Waals surface area contributed by atoms with E-state index in [2.05, 4.69) is 34.1 Å². The second kappa shape index (κ2) is 5.64. The molecule has 22 heavy (non-hydrogen) atoms. The predicted octanol–water partition coefficient (Wildman–Crippen LogP) is 3.36. The maximum Gasteiger partial charge on any atom is 0.0705 e. The highest BCUT2D eigenvalue weighted by Crippen LogP contribution is 2.40. The zero-order valence-electron chi connectivity index (χ0n) is 13.0. The standard InChI is InChI=1S/C19H24N2O/c22-19-9-4-3-5-16(19)14-21(12-10-19)13-15-8-11-20-18-7-2-1-6-17(15)18/h1-2,6-8,11,16,22H,3-5,9-10,12-14H2.